The zero-order valence-electron chi connectivity index (χ0n) is 11.9. The Morgan fingerprint density at radius 2 is 1.90 bits per heavy atom. The normalized spacial score (nSPS) is 10.7. The molecule has 4 nitrogen and oxygen atoms in total. The fourth-order valence-electron chi connectivity index (χ4n) is 1.99. The zero-order chi connectivity index (χ0) is 14.0. The second-order valence-electron chi connectivity index (χ2n) is 4.66. The number of hydrogen-bond donors (Lipinski definition) is 1. The molecule has 0 bridgehead atoms. The van der Waals surface area contributed by atoms with Gasteiger partial charge in [-0.05, 0) is 49.7 Å². The Morgan fingerprint density at radius 1 is 1.10 bits per heavy atom. The summed E-state index contributed by atoms with van der Waals surface area (Å²) < 4.78 is 5.68. The summed E-state index contributed by atoms with van der Waals surface area (Å²) in [6.07, 6.45) is 5.69. The molecule has 1 N–H and O–H groups in total. The number of aromatic nitrogens is 2. The van der Waals surface area contributed by atoms with Crippen LogP contribution in [0.1, 0.15) is 23.4 Å². The van der Waals surface area contributed by atoms with E-state index < -0.39 is 0 Å². The van der Waals surface area contributed by atoms with E-state index in [1.807, 2.05) is 49.8 Å². The lowest BCUT2D eigenvalue weighted by atomic mass is 10.1. The molecule has 0 spiro atoms. The first-order chi connectivity index (χ1) is 9.88. The average molecular weight is 271 g/mol. The van der Waals surface area contributed by atoms with Gasteiger partial charge in [0.1, 0.15) is 0 Å². The number of nitrogens with zero attached hydrogens (tertiary/aromatic N) is 2. The van der Waals surface area contributed by atoms with Crippen molar-refractivity contribution >= 4 is 0 Å². The third-order valence-corrected chi connectivity index (χ3v) is 2.98. The Bertz CT molecular complexity index is 502. The predicted octanol–water partition coefficient (Wildman–Crippen LogP) is 2.35. The molecular weight excluding hydrogens is 250 g/mol. The highest BCUT2D eigenvalue weighted by atomic mass is 16.5. The van der Waals surface area contributed by atoms with Gasteiger partial charge in [-0.15, -0.1) is 0 Å². The molecule has 0 fully saturated rings. The van der Waals surface area contributed by atoms with Gasteiger partial charge in [0.25, 0.3) is 0 Å². The first-order valence-electron chi connectivity index (χ1n) is 6.94. The molecule has 4 heteroatoms. The number of hydrogen-bond acceptors (Lipinski definition) is 4. The van der Waals surface area contributed by atoms with Crippen LogP contribution < -0.4 is 5.32 Å². The molecule has 106 valence electrons. The van der Waals surface area contributed by atoms with Crippen molar-refractivity contribution in [3.63, 3.8) is 0 Å². The lowest BCUT2D eigenvalue weighted by Crippen LogP contribution is -2.08. The zero-order valence-corrected chi connectivity index (χ0v) is 11.9. The third kappa shape index (κ3) is 5.07. The van der Waals surface area contributed by atoms with Crippen molar-refractivity contribution in [3.05, 3.63) is 59.7 Å². The maximum absolute atomic E-state index is 5.68. The van der Waals surface area contributed by atoms with Crippen molar-refractivity contribution in [2.24, 2.45) is 0 Å². The number of pyridine rings is 2. The molecular formula is C16H21N3O. The standard InChI is InChI=1S/C16H21N3O/c1-17-12-15-5-2-6-16(19-15)13-20-11-3-4-14-7-9-18-10-8-14/h2,5-10,17H,3-4,11-13H2,1H3. The molecule has 2 aromatic rings. The van der Waals surface area contributed by atoms with Gasteiger partial charge in [0.05, 0.1) is 18.0 Å². The van der Waals surface area contributed by atoms with Crippen LogP contribution in [0, 0.1) is 0 Å². The smallest absolute Gasteiger partial charge is 0.0887 e. The number of aryl methyl sites for hydroxylation is 1. The molecule has 2 heterocycles. The highest BCUT2D eigenvalue weighted by molar-refractivity contribution is 5.11. The van der Waals surface area contributed by atoms with Gasteiger partial charge in [-0.1, -0.05) is 6.07 Å². The van der Waals surface area contributed by atoms with Crippen molar-refractivity contribution in [3.8, 4) is 0 Å². The second-order valence-corrected chi connectivity index (χ2v) is 4.66. The van der Waals surface area contributed by atoms with Crippen LogP contribution in [0.2, 0.25) is 0 Å². The molecule has 0 aliphatic heterocycles. The molecule has 0 amide bonds. The van der Waals surface area contributed by atoms with Crippen LogP contribution in [-0.2, 0) is 24.3 Å². The van der Waals surface area contributed by atoms with E-state index in [0.717, 1.165) is 37.4 Å². The Kier molecular flexibility index (Phi) is 6.14. The van der Waals surface area contributed by atoms with Crippen LogP contribution in [0.25, 0.3) is 0 Å². The quantitative estimate of drug-likeness (QED) is 0.749. The summed E-state index contributed by atoms with van der Waals surface area (Å²) in [7, 11) is 1.92. The maximum Gasteiger partial charge on any atom is 0.0887 e. The summed E-state index contributed by atoms with van der Waals surface area (Å²) in [5, 5.41) is 3.10. The number of rotatable bonds is 8. The Balaban J connectivity index is 1.67. The number of nitrogens with one attached hydrogen (secondary N) is 1. The predicted molar refractivity (Wildman–Crippen MR) is 79.2 cm³/mol. The van der Waals surface area contributed by atoms with E-state index in [1.165, 1.54) is 5.56 Å². The van der Waals surface area contributed by atoms with Crippen LogP contribution in [-0.4, -0.2) is 23.6 Å². The molecule has 2 aromatic heterocycles. The van der Waals surface area contributed by atoms with Gasteiger partial charge in [0.15, 0.2) is 0 Å². The van der Waals surface area contributed by atoms with Gasteiger partial charge < -0.3 is 10.1 Å². The van der Waals surface area contributed by atoms with E-state index >= 15 is 0 Å². The monoisotopic (exact) mass is 271 g/mol. The summed E-state index contributed by atoms with van der Waals surface area (Å²) in [5.74, 6) is 0. The van der Waals surface area contributed by atoms with E-state index in [-0.39, 0.29) is 0 Å². The maximum atomic E-state index is 5.68. The largest absolute Gasteiger partial charge is 0.375 e. The second kappa shape index (κ2) is 8.40. The molecule has 20 heavy (non-hydrogen) atoms. The minimum absolute atomic E-state index is 0.577. The van der Waals surface area contributed by atoms with Crippen molar-refractivity contribution in [2.45, 2.75) is 26.0 Å². The fraction of sp³-hybridized carbons (Fsp3) is 0.375. The molecule has 0 radical (unpaired) electrons. The van der Waals surface area contributed by atoms with E-state index in [4.69, 9.17) is 4.74 Å². The highest BCUT2D eigenvalue weighted by Gasteiger charge is 1.98. The Labute approximate surface area is 120 Å². The molecule has 0 saturated heterocycles. The fourth-order valence-corrected chi connectivity index (χ4v) is 1.99. The van der Waals surface area contributed by atoms with Crippen LogP contribution in [0.5, 0.6) is 0 Å². The molecule has 0 atom stereocenters. The SMILES string of the molecule is CNCc1cccc(COCCCc2ccncc2)n1. The minimum atomic E-state index is 0.577. The van der Waals surface area contributed by atoms with Crippen LogP contribution in [0.3, 0.4) is 0 Å². The molecule has 0 aliphatic rings. The van der Waals surface area contributed by atoms with E-state index in [9.17, 15) is 0 Å². The van der Waals surface area contributed by atoms with Gasteiger partial charge in [0.2, 0.25) is 0 Å². The molecule has 2 rings (SSSR count). The lowest BCUT2D eigenvalue weighted by Gasteiger charge is -2.06. The summed E-state index contributed by atoms with van der Waals surface area (Å²) in [4.78, 5) is 8.53. The van der Waals surface area contributed by atoms with E-state index in [2.05, 4.69) is 15.3 Å². The minimum Gasteiger partial charge on any atom is -0.375 e. The lowest BCUT2D eigenvalue weighted by molar-refractivity contribution is 0.116. The average Bonchev–Trinajstić information content (AvgIpc) is 2.49. The van der Waals surface area contributed by atoms with E-state index in [1.54, 1.807) is 0 Å². The first-order valence-corrected chi connectivity index (χ1v) is 6.94. The summed E-state index contributed by atoms with van der Waals surface area (Å²) in [5.41, 5.74) is 3.34. The van der Waals surface area contributed by atoms with Crippen LogP contribution >= 0.6 is 0 Å². The molecule has 0 aliphatic carbocycles. The van der Waals surface area contributed by atoms with Gasteiger partial charge >= 0.3 is 0 Å². The van der Waals surface area contributed by atoms with Crippen molar-refractivity contribution in [1.29, 1.82) is 0 Å². The van der Waals surface area contributed by atoms with Crippen LogP contribution in [0.4, 0.5) is 0 Å². The highest BCUT2D eigenvalue weighted by Crippen LogP contribution is 2.04. The summed E-state index contributed by atoms with van der Waals surface area (Å²) in [6, 6.07) is 10.1. The van der Waals surface area contributed by atoms with E-state index in [0.29, 0.717) is 6.61 Å². The first kappa shape index (κ1) is 14.6. The number of ether oxygens (including phenoxy) is 1. The Hall–Kier alpha value is -1.78. The molecule has 0 unspecified atom stereocenters. The van der Waals surface area contributed by atoms with Gasteiger partial charge in [-0.3, -0.25) is 9.97 Å². The Morgan fingerprint density at radius 3 is 2.70 bits per heavy atom. The van der Waals surface area contributed by atoms with Gasteiger partial charge in [-0.2, -0.15) is 0 Å². The summed E-state index contributed by atoms with van der Waals surface area (Å²) >= 11 is 0. The van der Waals surface area contributed by atoms with Crippen LogP contribution in [0.15, 0.2) is 42.7 Å². The van der Waals surface area contributed by atoms with Gasteiger partial charge in [0, 0.05) is 25.5 Å². The van der Waals surface area contributed by atoms with Crippen molar-refractivity contribution in [2.75, 3.05) is 13.7 Å². The third-order valence-electron chi connectivity index (χ3n) is 2.98. The van der Waals surface area contributed by atoms with Crippen molar-refractivity contribution in [1.82, 2.24) is 15.3 Å². The van der Waals surface area contributed by atoms with Crippen molar-refractivity contribution < 1.29 is 4.74 Å². The molecule has 0 aromatic carbocycles. The summed E-state index contributed by atoms with van der Waals surface area (Å²) in [6.45, 7) is 2.12. The molecule has 0 saturated carbocycles. The van der Waals surface area contributed by atoms with Gasteiger partial charge in [-0.25, -0.2) is 0 Å². The topological polar surface area (TPSA) is 47.0 Å².